The van der Waals surface area contributed by atoms with Gasteiger partial charge in [-0.1, -0.05) is 6.07 Å². The van der Waals surface area contributed by atoms with Crippen LogP contribution in [0.15, 0.2) is 42.2 Å². The number of ether oxygens (including phenoxy) is 5. The van der Waals surface area contributed by atoms with Gasteiger partial charge in [0, 0.05) is 6.07 Å². The summed E-state index contributed by atoms with van der Waals surface area (Å²) in [5, 5.41) is 0. The average Bonchev–Trinajstić information content (AvgIpc) is 3.02. The Labute approximate surface area is 162 Å². The van der Waals surface area contributed by atoms with E-state index in [2.05, 4.69) is 4.74 Å². The van der Waals surface area contributed by atoms with Crippen LogP contribution in [-0.2, 0) is 9.53 Å². The largest absolute Gasteiger partial charge is 0.497 e. The topological polar surface area (TPSA) is 80.3 Å². The van der Waals surface area contributed by atoms with E-state index in [1.165, 1.54) is 14.2 Å². The Morgan fingerprint density at radius 2 is 1.82 bits per heavy atom. The predicted octanol–water partition coefficient (Wildman–Crippen LogP) is 3.26. The molecule has 0 radical (unpaired) electrons. The van der Waals surface area contributed by atoms with Crippen LogP contribution in [0.5, 0.6) is 23.0 Å². The quantitative estimate of drug-likeness (QED) is 0.559. The molecule has 146 valence electrons. The average molecular weight is 384 g/mol. The van der Waals surface area contributed by atoms with Gasteiger partial charge in [-0.2, -0.15) is 0 Å². The summed E-state index contributed by atoms with van der Waals surface area (Å²) in [6.45, 7) is 1.58. The summed E-state index contributed by atoms with van der Waals surface area (Å²) in [5.74, 6) is 1.35. The summed E-state index contributed by atoms with van der Waals surface area (Å²) in [5.41, 5.74) is 1.16. The molecule has 28 heavy (non-hydrogen) atoms. The van der Waals surface area contributed by atoms with Crippen molar-refractivity contribution in [3.05, 3.63) is 53.3 Å². The minimum Gasteiger partial charge on any atom is -0.497 e. The zero-order chi connectivity index (χ0) is 20.3. The van der Waals surface area contributed by atoms with E-state index in [0.29, 0.717) is 34.1 Å². The number of methoxy groups -OCH3 is 3. The highest BCUT2D eigenvalue weighted by molar-refractivity contribution is 6.14. The van der Waals surface area contributed by atoms with Crippen molar-refractivity contribution >= 4 is 17.8 Å². The fourth-order valence-corrected chi connectivity index (χ4v) is 2.72. The summed E-state index contributed by atoms with van der Waals surface area (Å²) in [7, 11) is 4.33. The van der Waals surface area contributed by atoms with Gasteiger partial charge in [0.25, 0.3) is 0 Å². The smallest absolute Gasteiger partial charge is 0.346 e. The number of allylic oxidation sites excluding steroid dienone is 1. The molecule has 0 N–H and O–H groups in total. The van der Waals surface area contributed by atoms with Crippen LogP contribution in [0.4, 0.5) is 0 Å². The van der Waals surface area contributed by atoms with E-state index in [1.54, 1.807) is 56.5 Å². The Balaban J connectivity index is 1.85. The molecule has 1 heterocycles. The van der Waals surface area contributed by atoms with Crippen molar-refractivity contribution in [2.75, 3.05) is 21.3 Å². The van der Waals surface area contributed by atoms with Crippen LogP contribution in [0.2, 0.25) is 0 Å². The number of hydrogen-bond acceptors (Lipinski definition) is 7. The normalized spacial score (nSPS) is 14.9. The standard InChI is InChI=1S/C21H20O7/c1-12(21(23)26-4)27-16-8-5-13(9-18(16)25-3)10-19-20(22)15-7-6-14(24-2)11-17(15)28-19/h5-12H,1-4H3/b19-10-/t12-/m0/s1. The van der Waals surface area contributed by atoms with E-state index in [0.717, 1.165) is 0 Å². The van der Waals surface area contributed by atoms with Crippen LogP contribution in [0.1, 0.15) is 22.8 Å². The highest BCUT2D eigenvalue weighted by atomic mass is 16.6. The Hall–Kier alpha value is -3.48. The van der Waals surface area contributed by atoms with Crippen molar-refractivity contribution in [1.82, 2.24) is 0 Å². The summed E-state index contributed by atoms with van der Waals surface area (Å²) in [6.07, 6.45) is 0.831. The molecule has 0 saturated carbocycles. The lowest BCUT2D eigenvalue weighted by Gasteiger charge is -2.15. The second-order valence-electron chi connectivity index (χ2n) is 6.00. The van der Waals surface area contributed by atoms with Crippen LogP contribution >= 0.6 is 0 Å². The molecule has 2 aromatic carbocycles. The lowest BCUT2D eigenvalue weighted by atomic mass is 10.1. The van der Waals surface area contributed by atoms with Crippen molar-refractivity contribution < 1.29 is 33.3 Å². The number of rotatable bonds is 6. The number of esters is 1. The Kier molecular flexibility index (Phi) is 5.54. The van der Waals surface area contributed by atoms with Gasteiger partial charge in [0.1, 0.15) is 11.5 Å². The maximum atomic E-state index is 12.5. The number of hydrogen-bond donors (Lipinski definition) is 0. The highest BCUT2D eigenvalue weighted by Crippen LogP contribution is 2.36. The second-order valence-corrected chi connectivity index (χ2v) is 6.00. The van der Waals surface area contributed by atoms with Gasteiger partial charge < -0.3 is 23.7 Å². The highest BCUT2D eigenvalue weighted by Gasteiger charge is 2.28. The second kappa shape index (κ2) is 8.04. The van der Waals surface area contributed by atoms with Crippen molar-refractivity contribution in [2.24, 2.45) is 0 Å². The maximum absolute atomic E-state index is 12.5. The van der Waals surface area contributed by atoms with Gasteiger partial charge in [-0.15, -0.1) is 0 Å². The molecule has 1 aliphatic rings. The molecule has 7 nitrogen and oxygen atoms in total. The third kappa shape index (κ3) is 3.78. The number of fused-ring (bicyclic) bond motifs is 1. The molecule has 0 aliphatic carbocycles. The maximum Gasteiger partial charge on any atom is 0.346 e. The van der Waals surface area contributed by atoms with Gasteiger partial charge >= 0.3 is 5.97 Å². The van der Waals surface area contributed by atoms with Gasteiger partial charge in [-0.05, 0) is 42.8 Å². The number of benzene rings is 2. The SMILES string of the molecule is COC(=O)[C@H](C)Oc1ccc(/C=C2\Oc3cc(OC)ccc3C2=O)cc1OC. The van der Waals surface area contributed by atoms with E-state index >= 15 is 0 Å². The molecule has 7 heteroatoms. The van der Waals surface area contributed by atoms with Gasteiger partial charge in [-0.25, -0.2) is 4.79 Å². The fraction of sp³-hybridized carbons (Fsp3) is 0.238. The monoisotopic (exact) mass is 384 g/mol. The zero-order valence-corrected chi connectivity index (χ0v) is 16.0. The molecule has 1 aliphatic heterocycles. The summed E-state index contributed by atoms with van der Waals surface area (Å²) in [6, 6.07) is 10.1. The van der Waals surface area contributed by atoms with Crippen LogP contribution in [-0.4, -0.2) is 39.2 Å². The molecule has 0 unspecified atom stereocenters. The lowest BCUT2D eigenvalue weighted by molar-refractivity contribution is -0.147. The predicted molar refractivity (Wildman–Crippen MR) is 101 cm³/mol. The third-order valence-corrected chi connectivity index (χ3v) is 4.20. The number of ketones is 1. The Bertz CT molecular complexity index is 946. The van der Waals surface area contributed by atoms with Crippen molar-refractivity contribution in [3.8, 4) is 23.0 Å². The van der Waals surface area contributed by atoms with Crippen LogP contribution < -0.4 is 18.9 Å². The summed E-state index contributed by atoms with van der Waals surface area (Å²) >= 11 is 0. The van der Waals surface area contributed by atoms with Gasteiger partial charge in [0.15, 0.2) is 23.4 Å². The van der Waals surface area contributed by atoms with Crippen molar-refractivity contribution in [3.63, 3.8) is 0 Å². The number of carbonyl (C=O) groups is 2. The van der Waals surface area contributed by atoms with Gasteiger partial charge in [0.05, 0.1) is 26.9 Å². The molecular formula is C21H20O7. The first-order valence-electron chi connectivity index (χ1n) is 8.51. The molecule has 0 aromatic heterocycles. The van der Waals surface area contributed by atoms with Crippen LogP contribution in [0.3, 0.4) is 0 Å². The number of carbonyl (C=O) groups excluding carboxylic acids is 2. The van der Waals surface area contributed by atoms with E-state index in [-0.39, 0.29) is 11.5 Å². The molecule has 0 amide bonds. The van der Waals surface area contributed by atoms with Gasteiger partial charge in [0.2, 0.25) is 5.78 Å². The van der Waals surface area contributed by atoms with E-state index in [4.69, 9.17) is 18.9 Å². The van der Waals surface area contributed by atoms with E-state index in [1.807, 2.05) is 0 Å². The Morgan fingerprint density at radius 1 is 1.04 bits per heavy atom. The lowest BCUT2D eigenvalue weighted by Crippen LogP contribution is -2.25. The zero-order valence-electron chi connectivity index (χ0n) is 16.0. The molecule has 3 rings (SSSR count). The van der Waals surface area contributed by atoms with Crippen LogP contribution in [0.25, 0.3) is 6.08 Å². The van der Waals surface area contributed by atoms with Crippen LogP contribution in [0, 0.1) is 0 Å². The first-order chi connectivity index (χ1) is 13.5. The minimum absolute atomic E-state index is 0.196. The molecule has 0 fully saturated rings. The summed E-state index contributed by atoms with van der Waals surface area (Å²) in [4.78, 5) is 24.1. The number of Topliss-reactive ketones (excluding diaryl/α,β-unsaturated/α-hetero) is 1. The fourth-order valence-electron chi connectivity index (χ4n) is 2.72. The molecule has 0 spiro atoms. The molecular weight excluding hydrogens is 364 g/mol. The van der Waals surface area contributed by atoms with E-state index in [9.17, 15) is 9.59 Å². The van der Waals surface area contributed by atoms with Crippen molar-refractivity contribution in [2.45, 2.75) is 13.0 Å². The van der Waals surface area contributed by atoms with Crippen molar-refractivity contribution in [1.29, 1.82) is 0 Å². The Morgan fingerprint density at radius 3 is 2.50 bits per heavy atom. The molecule has 1 atom stereocenters. The first kappa shape index (κ1) is 19.3. The van der Waals surface area contributed by atoms with E-state index < -0.39 is 12.1 Å². The summed E-state index contributed by atoms with van der Waals surface area (Å²) < 4.78 is 26.4. The van der Waals surface area contributed by atoms with Gasteiger partial charge in [-0.3, -0.25) is 4.79 Å². The third-order valence-electron chi connectivity index (χ3n) is 4.20. The molecule has 0 bridgehead atoms. The first-order valence-corrected chi connectivity index (χ1v) is 8.51. The molecule has 2 aromatic rings. The minimum atomic E-state index is -0.785. The molecule has 0 saturated heterocycles.